The van der Waals surface area contributed by atoms with Crippen LogP contribution in [0, 0.1) is 11.8 Å². The standard InChI is InChI=1S/C16H20O/c17-16(13-7-8-14-16)12-6-2-5-11-15-9-3-1-4-10-15/h1,3-4,9-10,17H,2,6-8,12-14H2. The van der Waals surface area contributed by atoms with Gasteiger partial charge in [0.25, 0.3) is 0 Å². The van der Waals surface area contributed by atoms with E-state index in [2.05, 4.69) is 11.8 Å². The molecule has 0 aliphatic heterocycles. The third-order valence-corrected chi connectivity index (χ3v) is 3.48. The highest BCUT2D eigenvalue weighted by Crippen LogP contribution is 2.33. The fourth-order valence-electron chi connectivity index (χ4n) is 2.47. The fourth-order valence-corrected chi connectivity index (χ4v) is 2.47. The Morgan fingerprint density at radius 3 is 2.53 bits per heavy atom. The largest absolute Gasteiger partial charge is 0.390 e. The molecule has 1 nitrogen and oxygen atoms in total. The average Bonchev–Trinajstić information content (AvgIpc) is 2.77. The number of rotatable bonds is 3. The summed E-state index contributed by atoms with van der Waals surface area (Å²) in [7, 11) is 0. The van der Waals surface area contributed by atoms with Gasteiger partial charge in [0, 0.05) is 12.0 Å². The van der Waals surface area contributed by atoms with E-state index in [9.17, 15) is 5.11 Å². The molecule has 0 radical (unpaired) electrons. The van der Waals surface area contributed by atoms with Gasteiger partial charge in [0.1, 0.15) is 0 Å². The van der Waals surface area contributed by atoms with E-state index in [1.54, 1.807) is 0 Å². The minimum atomic E-state index is -0.367. The fraction of sp³-hybridized carbons (Fsp3) is 0.500. The summed E-state index contributed by atoms with van der Waals surface area (Å²) in [5, 5.41) is 10.2. The van der Waals surface area contributed by atoms with Gasteiger partial charge in [0.05, 0.1) is 5.60 Å². The Balaban J connectivity index is 1.71. The molecule has 0 atom stereocenters. The lowest BCUT2D eigenvalue weighted by Gasteiger charge is -2.20. The molecule has 0 heterocycles. The van der Waals surface area contributed by atoms with E-state index in [0.717, 1.165) is 37.7 Å². The van der Waals surface area contributed by atoms with Crippen molar-refractivity contribution in [2.75, 3.05) is 0 Å². The van der Waals surface area contributed by atoms with Crippen LogP contribution < -0.4 is 0 Å². The van der Waals surface area contributed by atoms with E-state index < -0.39 is 0 Å². The van der Waals surface area contributed by atoms with E-state index in [1.807, 2.05) is 30.3 Å². The molecule has 0 amide bonds. The van der Waals surface area contributed by atoms with Gasteiger partial charge in [0.15, 0.2) is 0 Å². The van der Waals surface area contributed by atoms with E-state index in [1.165, 1.54) is 12.8 Å². The van der Waals surface area contributed by atoms with Crippen LogP contribution >= 0.6 is 0 Å². The van der Waals surface area contributed by atoms with Gasteiger partial charge in [-0.2, -0.15) is 0 Å². The average molecular weight is 228 g/mol. The van der Waals surface area contributed by atoms with Crippen LogP contribution in [0.1, 0.15) is 50.5 Å². The summed E-state index contributed by atoms with van der Waals surface area (Å²) >= 11 is 0. The van der Waals surface area contributed by atoms with Crippen LogP contribution in [0.5, 0.6) is 0 Å². The van der Waals surface area contributed by atoms with Crippen molar-refractivity contribution in [3.63, 3.8) is 0 Å². The predicted molar refractivity (Wildman–Crippen MR) is 70.6 cm³/mol. The molecular formula is C16H20O. The zero-order valence-electron chi connectivity index (χ0n) is 10.3. The van der Waals surface area contributed by atoms with Crippen LogP contribution in [0.3, 0.4) is 0 Å². The zero-order valence-corrected chi connectivity index (χ0v) is 10.3. The molecule has 1 N–H and O–H groups in total. The lowest BCUT2D eigenvalue weighted by Crippen LogP contribution is -2.23. The van der Waals surface area contributed by atoms with Crippen LogP contribution in [0.2, 0.25) is 0 Å². The molecule has 1 aromatic carbocycles. The summed E-state index contributed by atoms with van der Waals surface area (Å²) in [5.41, 5.74) is 0.709. The van der Waals surface area contributed by atoms with Crippen molar-refractivity contribution in [1.82, 2.24) is 0 Å². The van der Waals surface area contributed by atoms with Crippen molar-refractivity contribution in [2.24, 2.45) is 0 Å². The van der Waals surface area contributed by atoms with Gasteiger partial charge < -0.3 is 5.11 Å². The van der Waals surface area contributed by atoms with Crippen molar-refractivity contribution in [3.05, 3.63) is 35.9 Å². The summed E-state index contributed by atoms with van der Waals surface area (Å²) in [5.74, 6) is 6.33. The topological polar surface area (TPSA) is 20.2 Å². The Bertz CT molecular complexity index is 391. The third kappa shape index (κ3) is 3.91. The Hall–Kier alpha value is -1.26. The second-order valence-corrected chi connectivity index (χ2v) is 4.95. The molecule has 0 aromatic heterocycles. The molecule has 0 saturated heterocycles. The minimum Gasteiger partial charge on any atom is -0.390 e. The second-order valence-electron chi connectivity index (χ2n) is 4.95. The quantitative estimate of drug-likeness (QED) is 0.620. The van der Waals surface area contributed by atoms with Crippen LogP contribution in [0.25, 0.3) is 0 Å². The van der Waals surface area contributed by atoms with E-state index >= 15 is 0 Å². The van der Waals surface area contributed by atoms with Crippen molar-refractivity contribution in [3.8, 4) is 11.8 Å². The summed E-state index contributed by atoms with van der Waals surface area (Å²) in [6, 6.07) is 10.1. The number of unbranched alkanes of at least 4 members (excludes halogenated alkanes) is 1. The van der Waals surface area contributed by atoms with E-state index in [-0.39, 0.29) is 5.60 Å². The van der Waals surface area contributed by atoms with Crippen molar-refractivity contribution >= 4 is 0 Å². The Labute approximate surface area is 104 Å². The van der Waals surface area contributed by atoms with Gasteiger partial charge >= 0.3 is 0 Å². The SMILES string of the molecule is OC1(CCCC#Cc2ccccc2)CCCC1. The molecule has 1 fully saturated rings. The van der Waals surface area contributed by atoms with Gasteiger partial charge in [-0.3, -0.25) is 0 Å². The Morgan fingerprint density at radius 1 is 1.12 bits per heavy atom. The predicted octanol–water partition coefficient (Wildman–Crippen LogP) is 3.51. The maximum Gasteiger partial charge on any atom is 0.0648 e. The molecule has 0 unspecified atom stereocenters. The minimum absolute atomic E-state index is 0.367. The first-order chi connectivity index (χ1) is 8.29. The third-order valence-electron chi connectivity index (χ3n) is 3.48. The number of benzene rings is 1. The molecule has 90 valence electrons. The number of hydrogen-bond donors (Lipinski definition) is 1. The van der Waals surface area contributed by atoms with E-state index in [0.29, 0.717) is 0 Å². The second kappa shape index (κ2) is 5.89. The number of aliphatic hydroxyl groups is 1. The molecule has 1 aliphatic rings. The first-order valence-corrected chi connectivity index (χ1v) is 6.55. The Kier molecular flexibility index (Phi) is 4.23. The van der Waals surface area contributed by atoms with Gasteiger partial charge in [-0.05, 0) is 37.8 Å². The molecule has 0 bridgehead atoms. The molecule has 1 saturated carbocycles. The summed E-state index contributed by atoms with van der Waals surface area (Å²) < 4.78 is 0. The maximum atomic E-state index is 10.2. The first-order valence-electron chi connectivity index (χ1n) is 6.55. The summed E-state index contributed by atoms with van der Waals surface area (Å²) in [6.45, 7) is 0. The van der Waals surface area contributed by atoms with Crippen LogP contribution in [0.4, 0.5) is 0 Å². The number of hydrogen-bond acceptors (Lipinski definition) is 1. The molecule has 1 aliphatic carbocycles. The first kappa shape index (κ1) is 12.2. The molecule has 17 heavy (non-hydrogen) atoms. The van der Waals surface area contributed by atoms with Crippen molar-refractivity contribution in [1.29, 1.82) is 0 Å². The highest BCUT2D eigenvalue weighted by molar-refractivity contribution is 5.33. The maximum absolute atomic E-state index is 10.2. The van der Waals surface area contributed by atoms with Crippen molar-refractivity contribution in [2.45, 2.75) is 50.5 Å². The van der Waals surface area contributed by atoms with Crippen LogP contribution in [0.15, 0.2) is 30.3 Å². The lowest BCUT2D eigenvalue weighted by molar-refractivity contribution is 0.0372. The molecule has 2 rings (SSSR count). The van der Waals surface area contributed by atoms with Crippen molar-refractivity contribution < 1.29 is 5.11 Å². The smallest absolute Gasteiger partial charge is 0.0648 e. The molecular weight excluding hydrogens is 208 g/mol. The van der Waals surface area contributed by atoms with Gasteiger partial charge in [-0.1, -0.05) is 42.9 Å². The summed E-state index contributed by atoms with van der Waals surface area (Å²) in [6.07, 6.45) is 7.15. The molecule has 0 spiro atoms. The molecule has 1 aromatic rings. The lowest BCUT2D eigenvalue weighted by atomic mass is 9.95. The monoisotopic (exact) mass is 228 g/mol. The zero-order chi connectivity index (χ0) is 12.0. The van der Waals surface area contributed by atoms with E-state index in [4.69, 9.17) is 0 Å². The van der Waals surface area contributed by atoms with Crippen LogP contribution in [-0.2, 0) is 0 Å². The van der Waals surface area contributed by atoms with Crippen LogP contribution in [-0.4, -0.2) is 10.7 Å². The van der Waals surface area contributed by atoms with Gasteiger partial charge in [-0.15, -0.1) is 0 Å². The van der Waals surface area contributed by atoms with Gasteiger partial charge in [-0.25, -0.2) is 0 Å². The molecule has 1 heteroatoms. The highest BCUT2D eigenvalue weighted by Gasteiger charge is 2.29. The normalized spacial score (nSPS) is 17.5. The summed E-state index contributed by atoms with van der Waals surface area (Å²) in [4.78, 5) is 0. The Morgan fingerprint density at radius 2 is 1.82 bits per heavy atom. The highest BCUT2D eigenvalue weighted by atomic mass is 16.3. The van der Waals surface area contributed by atoms with Gasteiger partial charge in [0.2, 0.25) is 0 Å².